The highest BCUT2D eigenvalue weighted by molar-refractivity contribution is 7.11. The Bertz CT molecular complexity index is 887. The van der Waals surface area contributed by atoms with Crippen LogP contribution in [0.1, 0.15) is 23.1 Å². The van der Waals surface area contributed by atoms with Gasteiger partial charge in [-0.05, 0) is 17.7 Å². The SMILES string of the molecule is NC1=C(c2nc(-c3ccc(Cl)cc3)cs2)C[C@@H](c2ccccc2)O1. The Morgan fingerprint density at radius 2 is 1.83 bits per heavy atom. The molecule has 0 fully saturated rings. The Balaban J connectivity index is 1.58. The topological polar surface area (TPSA) is 48.1 Å². The molecule has 0 bridgehead atoms. The van der Waals surface area contributed by atoms with Gasteiger partial charge in [-0.1, -0.05) is 54.1 Å². The minimum Gasteiger partial charge on any atom is -0.471 e. The molecule has 4 rings (SSSR count). The molecule has 2 heterocycles. The van der Waals surface area contributed by atoms with Gasteiger partial charge in [0.15, 0.2) is 5.88 Å². The molecule has 0 saturated carbocycles. The fourth-order valence-electron chi connectivity index (χ4n) is 2.76. The zero-order valence-electron chi connectivity index (χ0n) is 12.8. The third kappa shape index (κ3) is 2.90. The Morgan fingerprint density at radius 1 is 1.08 bits per heavy atom. The molecule has 1 aromatic heterocycles. The lowest BCUT2D eigenvalue weighted by molar-refractivity contribution is 0.143. The molecule has 0 radical (unpaired) electrons. The smallest absolute Gasteiger partial charge is 0.191 e. The molecule has 1 aliphatic heterocycles. The quantitative estimate of drug-likeness (QED) is 0.698. The van der Waals surface area contributed by atoms with E-state index in [1.54, 1.807) is 11.3 Å². The number of aromatic nitrogens is 1. The van der Waals surface area contributed by atoms with Gasteiger partial charge in [0.25, 0.3) is 0 Å². The van der Waals surface area contributed by atoms with Crippen LogP contribution >= 0.6 is 22.9 Å². The van der Waals surface area contributed by atoms with Crippen LogP contribution in [0, 0.1) is 0 Å². The van der Waals surface area contributed by atoms with Crippen molar-refractivity contribution in [3.63, 3.8) is 0 Å². The number of nitrogens with zero attached hydrogens (tertiary/aromatic N) is 1. The van der Waals surface area contributed by atoms with Gasteiger partial charge in [-0.15, -0.1) is 11.3 Å². The normalized spacial score (nSPS) is 17.1. The van der Waals surface area contributed by atoms with Gasteiger partial charge in [0.2, 0.25) is 0 Å². The van der Waals surface area contributed by atoms with Crippen molar-refractivity contribution < 1.29 is 4.74 Å². The van der Waals surface area contributed by atoms with Gasteiger partial charge in [-0.3, -0.25) is 0 Å². The Hall–Kier alpha value is -2.30. The maximum absolute atomic E-state index is 6.11. The molecule has 120 valence electrons. The van der Waals surface area contributed by atoms with Crippen molar-refractivity contribution in [3.8, 4) is 11.3 Å². The summed E-state index contributed by atoms with van der Waals surface area (Å²) in [6, 6.07) is 17.8. The number of hydrogen-bond donors (Lipinski definition) is 1. The molecule has 1 aliphatic rings. The molecule has 3 aromatic rings. The third-order valence-electron chi connectivity index (χ3n) is 4.03. The Kier molecular flexibility index (Phi) is 4.00. The first kappa shape index (κ1) is 15.2. The summed E-state index contributed by atoms with van der Waals surface area (Å²) in [5, 5.41) is 3.67. The highest BCUT2D eigenvalue weighted by atomic mass is 35.5. The van der Waals surface area contributed by atoms with E-state index in [1.165, 1.54) is 0 Å². The van der Waals surface area contributed by atoms with Crippen LogP contribution in [0.5, 0.6) is 0 Å². The summed E-state index contributed by atoms with van der Waals surface area (Å²) in [7, 11) is 0. The highest BCUT2D eigenvalue weighted by Crippen LogP contribution is 2.40. The molecule has 24 heavy (non-hydrogen) atoms. The van der Waals surface area contributed by atoms with Gasteiger partial charge in [0.1, 0.15) is 11.1 Å². The van der Waals surface area contributed by atoms with Gasteiger partial charge in [0, 0.05) is 22.4 Å². The van der Waals surface area contributed by atoms with E-state index in [1.807, 2.05) is 47.8 Å². The zero-order valence-corrected chi connectivity index (χ0v) is 14.3. The average Bonchev–Trinajstić information content (AvgIpc) is 3.23. The molecule has 0 aliphatic carbocycles. The first-order valence-electron chi connectivity index (χ1n) is 7.63. The molecule has 2 N–H and O–H groups in total. The van der Waals surface area contributed by atoms with Crippen molar-refractivity contribution in [2.75, 3.05) is 0 Å². The number of hydrogen-bond acceptors (Lipinski definition) is 4. The molecule has 0 spiro atoms. The van der Waals surface area contributed by atoms with E-state index in [4.69, 9.17) is 27.1 Å². The van der Waals surface area contributed by atoms with Crippen LogP contribution in [0.3, 0.4) is 0 Å². The predicted octanol–water partition coefficient (Wildman–Crippen LogP) is 5.25. The molecule has 0 unspecified atom stereocenters. The van der Waals surface area contributed by atoms with Gasteiger partial charge in [-0.2, -0.15) is 0 Å². The molecule has 2 aromatic carbocycles. The lowest BCUT2D eigenvalue weighted by atomic mass is 10.0. The summed E-state index contributed by atoms with van der Waals surface area (Å²) in [6.07, 6.45) is 0.702. The second-order valence-corrected chi connectivity index (χ2v) is 6.90. The monoisotopic (exact) mass is 354 g/mol. The van der Waals surface area contributed by atoms with Gasteiger partial charge in [-0.25, -0.2) is 4.98 Å². The van der Waals surface area contributed by atoms with Crippen molar-refractivity contribution in [3.05, 3.63) is 81.5 Å². The number of thiazole rings is 1. The summed E-state index contributed by atoms with van der Waals surface area (Å²) >= 11 is 7.53. The fraction of sp³-hybridized carbons (Fsp3) is 0.105. The lowest BCUT2D eigenvalue weighted by Crippen LogP contribution is -2.01. The van der Waals surface area contributed by atoms with Gasteiger partial charge >= 0.3 is 0 Å². The number of benzene rings is 2. The number of ether oxygens (including phenoxy) is 1. The molecular formula is C19H15ClN2OS. The van der Waals surface area contributed by atoms with E-state index in [0.717, 1.165) is 38.8 Å². The average molecular weight is 355 g/mol. The van der Waals surface area contributed by atoms with Crippen LogP contribution in [-0.2, 0) is 4.74 Å². The summed E-state index contributed by atoms with van der Waals surface area (Å²) in [6.45, 7) is 0. The number of halogens is 1. The van der Waals surface area contributed by atoms with E-state index in [0.29, 0.717) is 5.88 Å². The molecule has 1 atom stereocenters. The predicted molar refractivity (Wildman–Crippen MR) is 98.6 cm³/mol. The largest absolute Gasteiger partial charge is 0.471 e. The molecule has 3 nitrogen and oxygen atoms in total. The second kappa shape index (κ2) is 6.30. The maximum Gasteiger partial charge on any atom is 0.191 e. The van der Waals surface area contributed by atoms with E-state index < -0.39 is 0 Å². The molecule has 5 heteroatoms. The van der Waals surface area contributed by atoms with E-state index in [-0.39, 0.29) is 6.10 Å². The lowest BCUT2D eigenvalue weighted by Gasteiger charge is -2.10. The fourth-order valence-corrected chi connectivity index (χ4v) is 3.78. The van der Waals surface area contributed by atoms with Crippen molar-refractivity contribution in [2.24, 2.45) is 5.73 Å². The summed E-state index contributed by atoms with van der Waals surface area (Å²) in [5.41, 5.74) is 10.2. The summed E-state index contributed by atoms with van der Waals surface area (Å²) in [4.78, 5) is 4.73. The second-order valence-electron chi connectivity index (χ2n) is 5.61. The van der Waals surface area contributed by atoms with Crippen molar-refractivity contribution in [1.29, 1.82) is 0 Å². The Morgan fingerprint density at radius 3 is 2.58 bits per heavy atom. The number of nitrogens with two attached hydrogens (primary N) is 1. The van der Waals surface area contributed by atoms with E-state index in [2.05, 4.69) is 12.1 Å². The van der Waals surface area contributed by atoms with Crippen molar-refractivity contribution >= 4 is 28.5 Å². The van der Waals surface area contributed by atoms with Crippen molar-refractivity contribution in [2.45, 2.75) is 12.5 Å². The van der Waals surface area contributed by atoms with E-state index in [9.17, 15) is 0 Å². The van der Waals surface area contributed by atoms with Crippen LogP contribution < -0.4 is 5.73 Å². The first-order chi connectivity index (χ1) is 11.7. The van der Waals surface area contributed by atoms with Crippen LogP contribution in [0.25, 0.3) is 16.8 Å². The first-order valence-corrected chi connectivity index (χ1v) is 8.88. The third-order valence-corrected chi connectivity index (χ3v) is 5.18. The maximum atomic E-state index is 6.11. The molecular weight excluding hydrogens is 340 g/mol. The van der Waals surface area contributed by atoms with Crippen LogP contribution in [-0.4, -0.2) is 4.98 Å². The number of rotatable bonds is 3. The summed E-state index contributed by atoms with van der Waals surface area (Å²) in [5.74, 6) is 0.473. The molecule has 0 saturated heterocycles. The minimum atomic E-state index is -0.0379. The minimum absolute atomic E-state index is 0.0379. The highest BCUT2D eigenvalue weighted by Gasteiger charge is 2.28. The van der Waals surface area contributed by atoms with Gasteiger partial charge < -0.3 is 10.5 Å². The zero-order chi connectivity index (χ0) is 16.5. The standard InChI is InChI=1S/C19H15ClN2OS/c20-14-8-6-12(7-9-14)16-11-24-19(22-16)15-10-17(23-18(15)21)13-4-2-1-3-5-13/h1-9,11,17H,10,21H2/t17-/m0/s1. The van der Waals surface area contributed by atoms with Crippen LogP contribution in [0.4, 0.5) is 0 Å². The summed E-state index contributed by atoms with van der Waals surface area (Å²) < 4.78 is 5.85. The Labute approximate surface area is 149 Å². The van der Waals surface area contributed by atoms with E-state index >= 15 is 0 Å². The molecule has 0 amide bonds. The van der Waals surface area contributed by atoms with Crippen LogP contribution in [0.2, 0.25) is 5.02 Å². The van der Waals surface area contributed by atoms with Crippen molar-refractivity contribution in [1.82, 2.24) is 4.98 Å². The van der Waals surface area contributed by atoms with Gasteiger partial charge in [0.05, 0.1) is 11.3 Å². The van der Waals surface area contributed by atoms with Crippen LogP contribution in [0.15, 0.2) is 65.9 Å².